The zero-order chi connectivity index (χ0) is 13.4. The molecule has 0 spiro atoms. The maximum atomic E-state index is 11.7. The van der Waals surface area contributed by atoms with Crippen LogP contribution < -0.4 is 0 Å². The summed E-state index contributed by atoms with van der Waals surface area (Å²) in [5.74, 6) is -2.97. The first kappa shape index (κ1) is 12.0. The van der Waals surface area contributed by atoms with Crippen molar-refractivity contribution in [1.29, 1.82) is 0 Å². The molecule has 0 aromatic heterocycles. The number of amides is 2. The zero-order valence-electron chi connectivity index (χ0n) is 9.21. The van der Waals surface area contributed by atoms with Crippen molar-refractivity contribution < 1.29 is 24.7 Å². The highest BCUT2D eigenvalue weighted by molar-refractivity contribution is 6.21. The molecule has 18 heavy (non-hydrogen) atoms. The van der Waals surface area contributed by atoms with E-state index in [2.05, 4.69) is 6.58 Å². The summed E-state index contributed by atoms with van der Waals surface area (Å²) in [5.41, 5.74) is 0.184. The van der Waals surface area contributed by atoms with Crippen LogP contribution in [0.25, 0.3) is 0 Å². The van der Waals surface area contributed by atoms with Crippen molar-refractivity contribution >= 4 is 17.8 Å². The molecule has 0 bridgehead atoms. The molecular weight excluding hydrogens is 238 g/mol. The molecule has 2 rings (SSSR count). The van der Waals surface area contributed by atoms with E-state index in [9.17, 15) is 19.6 Å². The van der Waals surface area contributed by atoms with Crippen molar-refractivity contribution in [2.24, 2.45) is 0 Å². The third-order valence-corrected chi connectivity index (χ3v) is 2.66. The molecule has 1 aliphatic heterocycles. The van der Waals surface area contributed by atoms with Gasteiger partial charge in [-0.25, -0.2) is 4.79 Å². The molecule has 6 heteroatoms. The van der Waals surface area contributed by atoms with Gasteiger partial charge in [0.2, 0.25) is 0 Å². The maximum Gasteiger partial charge on any atom is 0.335 e. The zero-order valence-corrected chi connectivity index (χ0v) is 9.21. The number of allylic oxidation sites excluding steroid dienone is 1. The van der Waals surface area contributed by atoms with Crippen molar-refractivity contribution in [2.45, 2.75) is 6.42 Å². The number of carboxylic acids is 1. The average molecular weight is 247 g/mol. The van der Waals surface area contributed by atoms with E-state index in [1.165, 1.54) is 12.1 Å². The minimum atomic E-state index is -1.21. The van der Waals surface area contributed by atoms with Crippen LogP contribution in [0.5, 0.6) is 0 Å². The molecule has 0 aliphatic carbocycles. The number of rotatable bonds is 3. The van der Waals surface area contributed by atoms with E-state index in [0.717, 1.165) is 6.07 Å². The van der Waals surface area contributed by atoms with Gasteiger partial charge in [0.25, 0.3) is 11.8 Å². The van der Waals surface area contributed by atoms with Crippen molar-refractivity contribution in [3.8, 4) is 0 Å². The lowest BCUT2D eigenvalue weighted by molar-refractivity contribution is -0.0327. The highest BCUT2D eigenvalue weighted by Gasteiger charge is 2.37. The van der Waals surface area contributed by atoms with Crippen LogP contribution in [0.15, 0.2) is 24.8 Å². The van der Waals surface area contributed by atoms with E-state index in [1.54, 1.807) is 0 Å². The Morgan fingerprint density at radius 3 is 2.56 bits per heavy atom. The summed E-state index contributed by atoms with van der Waals surface area (Å²) < 4.78 is 0. The van der Waals surface area contributed by atoms with Gasteiger partial charge in [0.15, 0.2) is 0 Å². The second kappa shape index (κ2) is 4.08. The van der Waals surface area contributed by atoms with E-state index in [1.807, 2.05) is 0 Å². The normalized spacial score (nSPS) is 13.7. The second-order valence-electron chi connectivity index (χ2n) is 3.78. The SMILES string of the molecule is C=CCc1cc(C(=O)O)cc2c1C(=O)N(O)C2=O. The maximum absolute atomic E-state index is 11.7. The molecule has 2 amide bonds. The molecule has 2 N–H and O–H groups in total. The van der Waals surface area contributed by atoms with Gasteiger partial charge in [-0.2, -0.15) is 0 Å². The van der Waals surface area contributed by atoms with Gasteiger partial charge in [-0.1, -0.05) is 6.08 Å². The lowest BCUT2D eigenvalue weighted by Gasteiger charge is -2.05. The van der Waals surface area contributed by atoms with Crippen LogP contribution >= 0.6 is 0 Å². The largest absolute Gasteiger partial charge is 0.478 e. The molecule has 1 aliphatic rings. The van der Waals surface area contributed by atoms with Gasteiger partial charge in [-0.3, -0.25) is 14.8 Å². The number of hydroxylamine groups is 2. The number of benzene rings is 1. The first-order chi connectivity index (χ1) is 8.47. The van der Waals surface area contributed by atoms with Crippen LogP contribution in [0.4, 0.5) is 0 Å². The average Bonchev–Trinajstić information content (AvgIpc) is 2.55. The molecule has 0 unspecified atom stereocenters. The van der Waals surface area contributed by atoms with Crippen molar-refractivity contribution in [3.63, 3.8) is 0 Å². The van der Waals surface area contributed by atoms with E-state index in [0.29, 0.717) is 5.56 Å². The van der Waals surface area contributed by atoms with Crippen LogP contribution in [-0.4, -0.2) is 33.2 Å². The summed E-state index contributed by atoms with van der Waals surface area (Å²) in [7, 11) is 0. The molecule has 92 valence electrons. The summed E-state index contributed by atoms with van der Waals surface area (Å²) in [6.45, 7) is 3.50. The first-order valence-electron chi connectivity index (χ1n) is 5.06. The third-order valence-electron chi connectivity index (χ3n) is 2.66. The molecule has 1 aromatic carbocycles. The van der Waals surface area contributed by atoms with Crippen LogP contribution in [-0.2, 0) is 6.42 Å². The van der Waals surface area contributed by atoms with Gasteiger partial charge < -0.3 is 5.11 Å². The Morgan fingerprint density at radius 2 is 2.00 bits per heavy atom. The van der Waals surface area contributed by atoms with Gasteiger partial charge in [0, 0.05) is 0 Å². The minimum Gasteiger partial charge on any atom is -0.478 e. The van der Waals surface area contributed by atoms with Crippen molar-refractivity contribution in [3.05, 3.63) is 47.0 Å². The Balaban J connectivity index is 2.72. The number of nitrogens with zero attached hydrogens (tertiary/aromatic N) is 1. The summed E-state index contributed by atoms with van der Waals surface area (Å²) in [6.07, 6.45) is 1.72. The Labute approximate surface area is 102 Å². The number of carbonyl (C=O) groups excluding carboxylic acids is 2. The molecular formula is C12H9NO5. The van der Waals surface area contributed by atoms with Gasteiger partial charge >= 0.3 is 5.97 Å². The first-order valence-corrected chi connectivity index (χ1v) is 5.06. The fourth-order valence-corrected chi connectivity index (χ4v) is 1.88. The highest BCUT2D eigenvalue weighted by atomic mass is 16.5. The predicted molar refractivity (Wildman–Crippen MR) is 59.6 cm³/mol. The fraction of sp³-hybridized carbons (Fsp3) is 0.0833. The quantitative estimate of drug-likeness (QED) is 0.473. The van der Waals surface area contributed by atoms with Crippen LogP contribution in [0, 0.1) is 0 Å². The number of aromatic carboxylic acids is 1. The number of fused-ring (bicyclic) bond motifs is 1. The molecule has 0 fully saturated rings. The number of hydrogen-bond donors (Lipinski definition) is 2. The number of carboxylic acid groups (broad SMARTS) is 1. The number of imide groups is 1. The number of hydrogen-bond acceptors (Lipinski definition) is 4. The van der Waals surface area contributed by atoms with Crippen LogP contribution in [0.2, 0.25) is 0 Å². The summed E-state index contributed by atoms with van der Waals surface area (Å²) in [5, 5.41) is 18.2. The predicted octanol–water partition coefficient (Wildman–Crippen LogP) is 1.10. The van der Waals surface area contributed by atoms with Crippen molar-refractivity contribution in [1.82, 2.24) is 5.06 Å². The Hall–Kier alpha value is -2.47. The highest BCUT2D eigenvalue weighted by Crippen LogP contribution is 2.27. The second-order valence-corrected chi connectivity index (χ2v) is 3.78. The van der Waals surface area contributed by atoms with E-state index < -0.39 is 17.8 Å². The Morgan fingerprint density at radius 1 is 1.33 bits per heavy atom. The standard InChI is InChI=1S/C12H9NO5/c1-2-3-6-4-7(12(16)17)5-8-9(6)11(15)13(18)10(8)14/h2,4-5,18H,1,3H2,(H,16,17). The van der Waals surface area contributed by atoms with Crippen molar-refractivity contribution in [2.75, 3.05) is 0 Å². The fourth-order valence-electron chi connectivity index (χ4n) is 1.88. The summed E-state index contributed by atoms with van der Waals surface area (Å²) in [4.78, 5) is 34.2. The van der Waals surface area contributed by atoms with E-state index in [-0.39, 0.29) is 28.2 Å². The molecule has 1 heterocycles. The lowest BCUT2D eigenvalue weighted by atomic mass is 9.97. The van der Waals surface area contributed by atoms with Gasteiger partial charge in [0.1, 0.15) is 0 Å². The van der Waals surface area contributed by atoms with E-state index >= 15 is 0 Å². The lowest BCUT2D eigenvalue weighted by Crippen LogP contribution is -2.25. The van der Waals surface area contributed by atoms with Crippen LogP contribution in [0.1, 0.15) is 36.6 Å². The third kappa shape index (κ3) is 1.59. The van der Waals surface area contributed by atoms with Crippen LogP contribution in [0.3, 0.4) is 0 Å². The van der Waals surface area contributed by atoms with Gasteiger partial charge in [-0.15, -0.1) is 11.6 Å². The minimum absolute atomic E-state index is 0.0110. The summed E-state index contributed by atoms with van der Waals surface area (Å²) >= 11 is 0. The molecule has 6 nitrogen and oxygen atoms in total. The van der Waals surface area contributed by atoms with Gasteiger partial charge in [-0.05, 0) is 24.1 Å². The van der Waals surface area contributed by atoms with E-state index in [4.69, 9.17) is 5.11 Å². The smallest absolute Gasteiger partial charge is 0.335 e. The molecule has 0 radical (unpaired) electrons. The van der Waals surface area contributed by atoms with Gasteiger partial charge in [0.05, 0.1) is 16.7 Å². The Bertz CT molecular complexity index is 590. The Kier molecular flexibility index (Phi) is 2.72. The molecule has 1 aromatic rings. The summed E-state index contributed by atoms with van der Waals surface area (Å²) in [6, 6.07) is 2.38. The molecule has 0 atom stereocenters. The topological polar surface area (TPSA) is 94.9 Å². The molecule has 0 saturated carbocycles. The molecule has 0 saturated heterocycles. The number of carbonyl (C=O) groups is 3. The monoisotopic (exact) mass is 247 g/mol.